The van der Waals surface area contributed by atoms with E-state index in [0.29, 0.717) is 25.5 Å². The van der Waals surface area contributed by atoms with Crippen LogP contribution in [0.15, 0.2) is 29.3 Å². The molecule has 2 N–H and O–H groups in total. The molecule has 1 amide bonds. The molecule has 1 aromatic rings. The summed E-state index contributed by atoms with van der Waals surface area (Å²) in [5.41, 5.74) is 2.22. The molecule has 7 heteroatoms. The Balaban J connectivity index is 0.00000450. The summed E-state index contributed by atoms with van der Waals surface area (Å²) in [7, 11) is 1.71. The monoisotopic (exact) mass is 530 g/mol. The zero-order valence-corrected chi connectivity index (χ0v) is 21.5. The van der Waals surface area contributed by atoms with Crippen molar-refractivity contribution in [2.75, 3.05) is 26.7 Å². The highest BCUT2D eigenvalue weighted by Crippen LogP contribution is 2.21. The number of aliphatic imine (C=N–C) groups is 1. The lowest BCUT2D eigenvalue weighted by molar-refractivity contribution is -0.121. The van der Waals surface area contributed by atoms with Crippen LogP contribution in [0.3, 0.4) is 0 Å². The molecular formula is C23H39IN4O2. The summed E-state index contributed by atoms with van der Waals surface area (Å²) < 4.78 is 5.89. The number of likely N-dealkylation sites (tertiary alicyclic amines) is 1. The van der Waals surface area contributed by atoms with Crippen LogP contribution in [-0.4, -0.2) is 49.0 Å². The standard InChI is InChI=1S/C23H38N4O2.HI/c1-6-25-22(27-12-10-18(11-13-27)15-21(28)24-5)26-16-19-8-7-9-20(14-19)17-29-23(2,3)4;/h7-9,14,18H,6,10-13,15-17H2,1-5H3,(H,24,28)(H,25,26);1H. The second kappa shape index (κ2) is 13.1. The minimum Gasteiger partial charge on any atom is -0.371 e. The van der Waals surface area contributed by atoms with Gasteiger partial charge in [-0.15, -0.1) is 24.0 Å². The van der Waals surface area contributed by atoms with Gasteiger partial charge >= 0.3 is 0 Å². The third-order valence-corrected chi connectivity index (χ3v) is 5.08. The predicted octanol–water partition coefficient (Wildman–Crippen LogP) is 3.93. The number of hydrogen-bond acceptors (Lipinski definition) is 3. The van der Waals surface area contributed by atoms with E-state index < -0.39 is 0 Å². The van der Waals surface area contributed by atoms with Gasteiger partial charge in [-0.2, -0.15) is 0 Å². The van der Waals surface area contributed by atoms with Gasteiger partial charge in [-0.1, -0.05) is 24.3 Å². The van der Waals surface area contributed by atoms with E-state index in [-0.39, 0.29) is 35.5 Å². The summed E-state index contributed by atoms with van der Waals surface area (Å²) in [5.74, 6) is 1.56. The summed E-state index contributed by atoms with van der Waals surface area (Å²) >= 11 is 0. The Hall–Kier alpha value is -1.35. The van der Waals surface area contributed by atoms with E-state index in [9.17, 15) is 4.79 Å². The number of benzene rings is 1. The van der Waals surface area contributed by atoms with Crippen molar-refractivity contribution in [1.29, 1.82) is 0 Å². The molecule has 1 aromatic carbocycles. The number of hydrogen-bond donors (Lipinski definition) is 2. The van der Waals surface area contributed by atoms with Crippen LogP contribution < -0.4 is 10.6 Å². The predicted molar refractivity (Wildman–Crippen MR) is 134 cm³/mol. The number of piperidine rings is 1. The van der Waals surface area contributed by atoms with Crippen LogP contribution in [0, 0.1) is 5.92 Å². The maximum atomic E-state index is 11.6. The van der Waals surface area contributed by atoms with Crippen molar-refractivity contribution < 1.29 is 9.53 Å². The van der Waals surface area contributed by atoms with E-state index >= 15 is 0 Å². The molecule has 2 rings (SSSR count). The molecule has 0 atom stereocenters. The van der Waals surface area contributed by atoms with Gasteiger partial charge in [0.15, 0.2) is 5.96 Å². The van der Waals surface area contributed by atoms with Crippen molar-refractivity contribution in [1.82, 2.24) is 15.5 Å². The van der Waals surface area contributed by atoms with Gasteiger partial charge in [0, 0.05) is 33.1 Å². The summed E-state index contributed by atoms with van der Waals surface area (Å²) in [6, 6.07) is 8.46. The van der Waals surface area contributed by atoms with Crippen molar-refractivity contribution in [3.63, 3.8) is 0 Å². The first-order valence-corrected chi connectivity index (χ1v) is 10.8. The van der Waals surface area contributed by atoms with Gasteiger partial charge in [0.05, 0.1) is 18.8 Å². The van der Waals surface area contributed by atoms with E-state index in [1.807, 2.05) is 0 Å². The SMILES string of the molecule is CCNC(=NCc1cccc(COC(C)(C)C)c1)N1CCC(CC(=O)NC)CC1.I. The Morgan fingerprint density at radius 3 is 2.50 bits per heavy atom. The largest absolute Gasteiger partial charge is 0.371 e. The fourth-order valence-electron chi connectivity index (χ4n) is 3.42. The zero-order chi connectivity index (χ0) is 21.3. The number of amides is 1. The molecule has 0 aliphatic carbocycles. The van der Waals surface area contributed by atoms with E-state index in [1.54, 1.807) is 7.05 Å². The van der Waals surface area contributed by atoms with E-state index in [0.717, 1.165) is 38.4 Å². The normalized spacial score (nSPS) is 15.5. The Labute approximate surface area is 199 Å². The lowest BCUT2D eigenvalue weighted by atomic mass is 9.93. The summed E-state index contributed by atoms with van der Waals surface area (Å²) in [6.45, 7) is 12.3. The third kappa shape index (κ3) is 9.64. The van der Waals surface area contributed by atoms with Crippen LogP contribution in [-0.2, 0) is 22.7 Å². The number of nitrogens with one attached hydrogen (secondary N) is 2. The van der Waals surface area contributed by atoms with Crippen molar-refractivity contribution in [2.45, 2.75) is 65.7 Å². The second-order valence-electron chi connectivity index (χ2n) is 8.70. The first kappa shape index (κ1) is 26.7. The molecule has 0 unspecified atom stereocenters. The Morgan fingerprint density at radius 1 is 1.23 bits per heavy atom. The zero-order valence-electron chi connectivity index (χ0n) is 19.2. The van der Waals surface area contributed by atoms with Gasteiger partial charge in [0.25, 0.3) is 0 Å². The Morgan fingerprint density at radius 2 is 1.90 bits per heavy atom. The van der Waals surface area contributed by atoms with E-state index in [4.69, 9.17) is 9.73 Å². The highest BCUT2D eigenvalue weighted by molar-refractivity contribution is 14.0. The molecule has 0 aromatic heterocycles. The van der Waals surface area contributed by atoms with E-state index in [1.165, 1.54) is 11.1 Å². The molecule has 0 saturated carbocycles. The highest BCUT2D eigenvalue weighted by Gasteiger charge is 2.23. The lowest BCUT2D eigenvalue weighted by Gasteiger charge is -2.34. The number of ether oxygens (including phenoxy) is 1. The Kier molecular flexibility index (Phi) is 11.7. The summed E-state index contributed by atoms with van der Waals surface area (Å²) in [5, 5.41) is 6.15. The van der Waals surface area contributed by atoms with Gasteiger partial charge in [-0.05, 0) is 57.6 Å². The molecule has 1 aliphatic rings. The smallest absolute Gasteiger partial charge is 0.220 e. The van der Waals surface area contributed by atoms with Crippen molar-refractivity contribution in [3.8, 4) is 0 Å². The van der Waals surface area contributed by atoms with Crippen LogP contribution in [0.25, 0.3) is 0 Å². The van der Waals surface area contributed by atoms with Crippen LogP contribution >= 0.6 is 24.0 Å². The summed E-state index contributed by atoms with van der Waals surface area (Å²) in [4.78, 5) is 18.8. The highest BCUT2D eigenvalue weighted by atomic mass is 127. The molecular weight excluding hydrogens is 491 g/mol. The maximum absolute atomic E-state index is 11.6. The minimum absolute atomic E-state index is 0. The van der Waals surface area contributed by atoms with Gasteiger partial charge in [0.1, 0.15) is 0 Å². The van der Waals surface area contributed by atoms with Gasteiger partial charge in [-0.25, -0.2) is 4.99 Å². The molecule has 1 fully saturated rings. The molecule has 30 heavy (non-hydrogen) atoms. The molecule has 0 radical (unpaired) electrons. The average Bonchev–Trinajstić information content (AvgIpc) is 2.70. The Bertz CT molecular complexity index is 680. The molecule has 170 valence electrons. The van der Waals surface area contributed by atoms with Gasteiger partial charge < -0.3 is 20.3 Å². The number of rotatable bonds is 7. The molecule has 1 heterocycles. The first-order valence-electron chi connectivity index (χ1n) is 10.8. The number of carbonyl (C=O) groups is 1. The van der Waals surface area contributed by atoms with E-state index in [2.05, 4.69) is 67.5 Å². The van der Waals surface area contributed by atoms with Crippen LogP contribution in [0.4, 0.5) is 0 Å². The maximum Gasteiger partial charge on any atom is 0.220 e. The fraction of sp³-hybridized carbons (Fsp3) is 0.652. The molecule has 1 aliphatic heterocycles. The second-order valence-corrected chi connectivity index (χ2v) is 8.70. The fourth-order valence-corrected chi connectivity index (χ4v) is 3.42. The van der Waals surface area contributed by atoms with Gasteiger partial charge in [-0.3, -0.25) is 4.79 Å². The lowest BCUT2D eigenvalue weighted by Crippen LogP contribution is -2.46. The third-order valence-electron chi connectivity index (χ3n) is 5.08. The number of guanidine groups is 1. The molecule has 6 nitrogen and oxygen atoms in total. The van der Waals surface area contributed by atoms with Crippen LogP contribution in [0.5, 0.6) is 0 Å². The quantitative estimate of drug-likeness (QED) is 0.319. The van der Waals surface area contributed by atoms with Crippen LogP contribution in [0.2, 0.25) is 0 Å². The molecule has 1 saturated heterocycles. The van der Waals surface area contributed by atoms with Crippen molar-refractivity contribution in [2.24, 2.45) is 10.9 Å². The molecule has 0 bridgehead atoms. The summed E-state index contributed by atoms with van der Waals surface area (Å²) in [6.07, 6.45) is 2.68. The number of carbonyl (C=O) groups excluding carboxylic acids is 1. The molecule has 0 spiro atoms. The topological polar surface area (TPSA) is 66.0 Å². The number of halogens is 1. The van der Waals surface area contributed by atoms with Crippen molar-refractivity contribution >= 4 is 35.8 Å². The van der Waals surface area contributed by atoms with Gasteiger partial charge in [0.2, 0.25) is 5.91 Å². The van der Waals surface area contributed by atoms with Crippen LogP contribution in [0.1, 0.15) is 58.1 Å². The van der Waals surface area contributed by atoms with Crippen molar-refractivity contribution in [3.05, 3.63) is 35.4 Å². The number of nitrogens with zero attached hydrogens (tertiary/aromatic N) is 2. The minimum atomic E-state index is -0.143. The first-order chi connectivity index (χ1) is 13.8. The average molecular weight is 530 g/mol.